The van der Waals surface area contributed by atoms with E-state index in [0.717, 1.165) is 30.7 Å². The Balaban J connectivity index is 0.000000186. The summed E-state index contributed by atoms with van der Waals surface area (Å²) in [5, 5.41) is 0. The van der Waals surface area contributed by atoms with E-state index in [4.69, 9.17) is 0 Å². The lowest BCUT2D eigenvalue weighted by Crippen LogP contribution is -2.54. The summed E-state index contributed by atoms with van der Waals surface area (Å²) in [4.78, 5) is 0. The molecule has 0 bridgehead atoms. The summed E-state index contributed by atoms with van der Waals surface area (Å²) in [6.07, 6.45) is -10.0. The van der Waals surface area contributed by atoms with Crippen molar-refractivity contribution in [1.82, 2.24) is 0 Å². The summed E-state index contributed by atoms with van der Waals surface area (Å²) in [6.45, 7) is 14.2. The van der Waals surface area contributed by atoms with Gasteiger partial charge in [0.15, 0.2) is 0 Å². The van der Waals surface area contributed by atoms with Crippen molar-refractivity contribution in [2.24, 2.45) is 0 Å². The molecule has 0 aliphatic carbocycles. The molecule has 6 aromatic rings. The Hall–Kier alpha value is -5.10. The largest absolute Gasteiger partial charge is 0.411 e. The Labute approximate surface area is 316 Å². The van der Waals surface area contributed by atoms with Gasteiger partial charge in [0, 0.05) is 5.41 Å². The molecule has 282 valence electrons. The topological polar surface area (TPSA) is 0 Å². The van der Waals surface area contributed by atoms with Crippen LogP contribution in [0.25, 0.3) is 0 Å². The molecule has 0 heterocycles. The molecule has 0 spiro atoms. The highest BCUT2D eigenvalue weighted by Gasteiger charge is 2.72. The monoisotopic (exact) mass is 738 g/mol. The molecule has 0 nitrogen and oxygen atoms in total. The van der Waals surface area contributed by atoms with E-state index in [2.05, 4.69) is 138 Å². The van der Waals surface area contributed by atoms with Gasteiger partial charge in [0.25, 0.3) is 0 Å². The summed E-state index contributed by atoms with van der Waals surface area (Å²) < 4.78 is 82.3. The maximum absolute atomic E-state index is 13.7. The zero-order valence-electron chi connectivity index (χ0n) is 31.9. The van der Waals surface area contributed by atoms with E-state index in [1.54, 1.807) is 13.8 Å². The van der Waals surface area contributed by atoms with Gasteiger partial charge in [-0.2, -0.15) is 26.3 Å². The predicted octanol–water partition coefficient (Wildman–Crippen LogP) is 13.9. The van der Waals surface area contributed by atoms with Crippen molar-refractivity contribution in [3.63, 3.8) is 0 Å². The highest BCUT2D eigenvalue weighted by atomic mass is 19.4. The molecule has 0 fully saturated rings. The van der Waals surface area contributed by atoms with Gasteiger partial charge < -0.3 is 0 Å². The van der Waals surface area contributed by atoms with Crippen LogP contribution in [0.5, 0.6) is 0 Å². The highest BCUT2D eigenvalue weighted by molar-refractivity contribution is 5.45. The Bertz CT molecular complexity index is 1990. The van der Waals surface area contributed by atoms with E-state index in [-0.39, 0.29) is 5.41 Å². The summed E-state index contributed by atoms with van der Waals surface area (Å²) >= 11 is 0. The third kappa shape index (κ3) is 10.1. The minimum absolute atomic E-state index is 0.0692. The second-order valence-electron chi connectivity index (χ2n) is 14.5. The van der Waals surface area contributed by atoms with Crippen LogP contribution >= 0.6 is 0 Å². The molecule has 0 saturated heterocycles. The second-order valence-corrected chi connectivity index (χ2v) is 14.5. The van der Waals surface area contributed by atoms with Crippen LogP contribution in [0.15, 0.2) is 152 Å². The van der Waals surface area contributed by atoms with Gasteiger partial charge in [-0.05, 0) is 74.4 Å². The van der Waals surface area contributed by atoms with Gasteiger partial charge >= 0.3 is 12.4 Å². The van der Waals surface area contributed by atoms with Crippen molar-refractivity contribution < 1.29 is 26.3 Å². The van der Waals surface area contributed by atoms with Crippen LogP contribution in [0.3, 0.4) is 0 Å². The van der Waals surface area contributed by atoms with E-state index >= 15 is 0 Å². The fourth-order valence-corrected chi connectivity index (χ4v) is 6.41. The minimum Gasteiger partial charge on any atom is -0.169 e. The van der Waals surface area contributed by atoms with Crippen LogP contribution in [-0.2, 0) is 17.3 Å². The van der Waals surface area contributed by atoms with Crippen LogP contribution in [-0.4, -0.2) is 12.4 Å². The Morgan fingerprint density at radius 2 is 0.741 bits per heavy atom. The van der Waals surface area contributed by atoms with Crippen LogP contribution in [0.1, 0.15) is 75.0 Å². The summed E-state index contributed by atoms with van der Waals surface area (Å²) in [6, 6.07) is 45.4. The van der Waals surface area contributed by atoms with Crippen LogP contribution in [0, 0.1) is 34.6 Å². The average Bonchev–Trinajstić information content (AvgIpc) is 3.10. The van der Waals surface area contributed by atoms with Gasteiger partial charge in [0.1, 0.15) is 0 Å². The number of aryl methyl sites for hydroxylation is 5. The molecule has 6 aromatic carbocycles. The summed E-state index contributed by atoms with van der Waals surface area (Å²) in [5.74, 6) is 0. The maximum atomic E-state index is 13.7. The third-order valence-electron chi connectivity index (χ3n) is 9.67. The number of rotatable bonds is 6. The Kier molecular flexibility index (Phi) is 13.4. The van der Waals surface area contributed by atoms with Crippen LogP contribution in [0.4, 0.5) is 26.3 Å². The Morgan fingerprint density at radius 1 is 0.352 bits per heavy atom. The first-order valence-electron chi connectivity index (χ1n) is 17.9. The first kappa shape index (κ1) is 41.7. The summed E-state index contributed by atoms with van der Waals surface area (Å²) in [5.41, 5.74) is 4.96. The molecule has 0 saturated carbocycles. The van der Waals surface area contributed by atoms with Gasteiger partial charge in [-0.3, -0.25) is 0 Å². The molecule has 0 amide bonds. The van der Waals surface area contributed by atoms with Crippen LogP contribution in [0.2, 0.25) is 0 Å². The molecule has 0 aliphatic rings. The van der Waals surface area contributed by atoms with Crippen molar-refractivity contribution in [1.29, 1.82) is 0 Å². The zero-order chi connectivity index (χ0) is 39.7. The quantitative estimate of drug-likeness (QED) is 0.149. The SMILES string of the molecule is Cc1ccc(C(C)(C)c2cccc(C)c2)cc1.Cc1ccc(C(c2ccc(C)cc2)(C(F)(F)F)C(F)(F)F)cc1.Cc1cccc(Cc2ccccc2)c1. The van der Waals surface area contributed by atoms with E-state index in [1.807, 2.05) is 0 Å². The van der Waals surface area contributed by atoms with Gasteiger partial charge in [-0.25, -0.2) is 0 Å². The molecule has 0 N–H and O–H groups in total. The smallest absolute Gasteiger partial charge is 0.169 e. The Morgan fingerprint density at radius 3 is 1.15 bits per heavy atom. The fraction of sp³-hybridized carbons (Fsp3) is 0.250. The third-order valence-corrected chi connectivity index (χ3v) is 9.67. The fourth-order valence-electron chi connectivity index (χ4n) is 6.41. The maximum Gasteiger partial charge on any atom is 0.411 e. The summed E-state index contributed by atoms with van der Waals surface area (Å²) in [7, 11) is 0. The van der Waals surface area contributed by atoms with E-state index < -0.39 is 28.9 Å². The minimum atomic E-state index is -5.53. The van der Waals surface area contributed by atoms with Gasteiger partial charge in [-0.1, -0.05) is 193 Å². The van der Waals surface area contributed by atoms with E-state index in [0.29, 0.717) is 11.1 Å². The van der Waals surface area contributed by atoms with Crippen molar-refractivity contribution in [3.05, 3.63) is 213 Å². The number of benzene rings is 6. The number of halogens is 6. The first-order valence-corrected chi connectivity index (χ1v) is 17.9. The predicted molar refractivity (Wildman–Crippen MR) is 210 cm³/mol. The number of alkyl halides is 6. The standard InChI is InChI=1S/C17H14F6.C17H20.C14H14/c1-11-3-7-13(8-4-11)15(16(18,19)20,17(21,22)23)14-9-5-12(2)6-10-14;1-13-8-10-15(11-9-13)17(3,4)16-7-5-6-14(2)12-16;1-12-6-5-9-14(10-12)11-13-7-3-2-4-8-13/h3-10H,1-2H3;5-12H,1-4H3;2-10H,11H2,1H3. The first-order chi connectivity index (χ1) is 25.3. The van der Waals surface area contributed by atoms with Crippen LogP contribution < -0.4 is 0 Å². The van der Waals surface area contributed by atoms with E-state index in [9.17, 15) is 26.3 Å². The highest BCUT2D eigenvalue weighted by Crippen LogP contribution is 2.56. The molecule has 0 unspecified atom stereocenters. The lowest BCUT2D eigenvalue weighted by Gasteiger charge is -2.38. The second kappa shape index (κ2) is 17.4. The molecule has 54 heavy (non-hydrogen) atoms. The molecule has 0 aromatic heterocycles. The lowest BCUT2D eigenvalue weighted by atomic mass is 9.72. The van der Waals surface area contributed by atoms with Gasteiger partial charge in [0.05, 0.1) is 0 Å². The van der Waals surface area contributed by atoms with Crippen molar-refractivity contribution in [2.75, 3.05) is 0 Å². The molecule has 6 heteroatoms. The molecule has 0 radical (unpaired) electrons. The lowest BCUT2D eigenvalue weighted by molar-refractivity contribution is -0.288. The zero-order valence-corrected chi connectivity index (χ0v) is 31.9. The molecular formula is C48H48F6. The van der Waals surface area contributed by atoms with Crippen molar-refractivity contribution >= 4 is 0 Å². The van der Waals surface area contributed by atoms with Crippen molar-refractivity contribution in [2.45, 2.75) is 78.1 Å². The molecule has 0 atom stereocenters. The molecule has 0 aliphatic heterocycles. The number of hydrogen-bond donors (Lipinski definition) is 0. The van der Waals surface area contributed by atoms with Crippen molar-refractivity contribution in [3.8, 4) is 0 Å². The molecular weight excluding hydrogens is 691 g/mol. The number of hydrogen-bond acceptors (Lipinski definition) is 0. The van der Waals surface area contributed by atoms with Gasteiger partial charge in [-0.15, -0.1) is 0 Å². The normalized spacial score (nSPS) is 11.9. The van der Waals surface area contributed by atoms with Gasteiger partial charge in [0.2, 0.25) is 5.41 Å². The molecule has 6 rings (SSSR count). The average molecular weight is 739 g/mol. The van der Waals surface area contributed by atoms with E-state index in [1.165, 1.54) is 63.2 Å².